The van der Waals surface area contributed by atoms with E-state index in [-0.39, 0.29) is 11.3 Å². The molecule has 154 valence electrons. The standard InChI is InChI=1S/C25H21N3O3/c1-2-28-25(31)22(24(30)26-19-14-9-15-20(29)16-19)21(17-10-5-3-6-11-17)23(27-28)18-12-7-4-8-13-18/h3-16,29H,2H2,1H3,(H,26,30). The van der Waals surface area contributed by atoms with E-state index >= 15 is 0 Å². The van der Waals surface area contributed by atoms with Crippen molar-refractivity contribution in [2.24, 2.45) is 0 Å². The highest BCUT2D eigenvalue weighted by Crippen LogP contribution is 2.32. The lowest BCUT2D eigenvalue weighted by Crippen LogP contribution is -2.32. The molecule has 6 nitrogen and oxygen atoms in total. The Labute approximate surface area is 179 Å². The highest BCUT2D eigenvalue weighted by atomic mass is 16.3. The highest BCUT2D eigenvalue weighted by Gasteiger charge is 2.25. The minimum Gasteiger partial charge on any atom is -0.508 e. The molecule has 4 aromatic rings. The first-order valence-electron chi connectivity index (χ1n) is 9.95. The first-order chi connectivity index (χ1) is 15.1. The van der Waals surface area contributed by atoms with Crippen LogP contribution in [-0.4, -0.2) is 20.8 Å². The molecule has 0 spiro atoms. The van der Waals surface area contributed by atoms with Gasteiger partial charge in [-0.25, -0.2) is 4.68 Å². The monoisotopic (exact) mass is 411 g/mol. The van der Waals surface area contributed by atoms with E-state index in [9.17, 15) is 14.7 Å². The number of phenolic OH excluding ortho intramolecular Hbond substituents is 1. The fourth-order valence-electron chi connectivity index (χ4n) is 3.46. The lowest BCUT2D eigenvalue weighted by atomic mass is 9.95. The molecule has 3 aromatic carbocycles. The molecule has 6 heteroatoms. The number of aryl methyl sites for hydroxylation is 1. The number of aromatic hydroxyl groups is 1. The molecule has 0 aliphatic carbocycles. The van der Waals surface area contributed by atoms with Crippen molar-refractivity contribution in [1.82, 2.24) is 9.78 Å². The highest BCUT2D eigenvalue weighted by molar-refractivity contribution is 6.10. The van der Waals surface area contributed by atoms with Gasteiger partial charge >= 0.3 is 0 Å². The molecule has 0 saturated carbocycles. The van der Waals surface area contributed by atoms with Crippen molar-refractivity contribution in [1.29, 1.82) is 0 Å². The number of phenols is 1. The summed E-state index contributed by atoms with van der Waals surface area (Å²) in [4.78, 5) is 26.6. The summed E-state index contributed by atoms with van der Waals surface area (Å²) in [6, 6.07) is 25.0. The van der Waals surface area contributed by atoms with Crippen LogP contribution in [0.2, 0.25) is 0 Å². The van der Waals surface area contributed by atoms with Crippen LogP contribution in [0.25, 0.3) is 22.4 Å². The van der Waals surface area contributed by atoms with Crippen molar-refractivity contribution in [3.63, 3.8) is 0 Å². The Hall–Kier alpha value is -4.19. The minimum absolute atomic E-state index is 0.00486. The molecule has 31 heavy (non-hydrogen) atoms. The summed E-state index contributed by atoms with van der Waals surface area (Å²) >= 11 is 0. The summed E-state index contributed by atoms with van der Waals surface area (Å²) in [5.41, 5.74) is 2.46. The third-order valence-corrected chi connectivity index (χ3v) is 4.90. The van der Waals surface area contributed by atoms with Gasteiger partial charge in [0, 0.05) is 29.4 Å². The molecule has 0 fully saturated rings. The van der Waals surface area contributed by atoms with Gasteiger partial charge in [-0.2, -0.15) is 5.10 Å². The van der Waals surface area contributed by atoms with Crippen LogP contribution in [0.15, 0.2) is 89.7 Å². The lowest BCUT2D eigenvalue weighted by molar-refractivity contribution is 0.102. The van der Waals surface area contributed by atoms with Crippen LogP contribution in [0.4, 0.5) is 5.69 Å². The Balaban J connectivity index is 1.98. The maximum absolute atomic E-state index is 13.4. The molecule has 0 bridgehead atoms. The zero-order chi connectivity index (χ0) is 21.8. The van der Waals surface area contributed by atoms with E-state index in [2.05, 4.69) is 10.4 Å². The molecule has 0 radical (unpaired) electrons. The topological polar surface area (TPSA) is 84.2 Å². The van der Waals surface area contributed by atoms with Gasteiger partial charge in [-0.05, 0) is 24.6 Å². The Bertz CT molecular complexity index is 1280. The van der Waals surface area contributed by atoms with Gasteiger partial charge in [0.05, 0.1) is 5.69 Å². The summed E-state index contributed by atoms with van der Waals surface area (Å²) in [6.07, 6.45) is 0. The van der Waals surface area contributed by atoms with Crippen molar-refractivity contribution in [3.05, 3.63) is 101 Å². The van der Waals surface area contributed by atoms with Crippen molar-refractivity contribution >= 4 is 11.6 Å². The molecule has 4 rings (SSSR count). The van der Waals surface area contributed by atoms with E-state index < -0.39 is 11.5 Å². The van der Waals surface area contributed by atoms with E-state index in [1.165, 1.54) is 16.8 Å². The van der Waals surface area contributed by atoms with Gasteiger partial charge in [-0.15, -0.1) is 0 Å². The Morgan fingerprint density at radius 1 is 0.935 bits per heavy atom. The van der Waals surface area contributed by atoms with Crippen molar-refractivity contribution in [3.8, 4) is 28.1 Å². The second kappa shape index (κ2) is 8.67. The molecule has 2 N–H and O–H groups in total. The van der Waals surface area contributed by atoms with Gasteiger partial charge < -0.3 is 10.4 Å². The SMILES string of the molecule is CCn1nc(-c2ccccc2)c(-c2ccccc2)c(C(=O)Nc2cccc(O)c2)c1=O. The minimum atomic E-state index is -0.559. The summed E-state index contributed by atoms with van der Waals surface area (Å²) in [7, 11) is 0. The van der Waals surface area contributed by atoms with Gasteiger partial charge in [0.1, 0.15) is 11.3 Å². The maximum Gasteiger partial charge on any atom is 0.280 e. The number of benzene rings is 3. The first kappa shape index (κ1) is 20.1. The Morgan fingerprint density at radius 3 is 2.19 bits per heavy atom. The van der Waals surface area contributed by atoms with Gasteiger partial charge in [-0.3, -0.25) is 9.59 Å². The average Bonchev–Trinajstić information content (AvgIpc) is 2.79. The number of nitrogens with zero attached hydrogens (tertiary/aromatic N) is 2. The van der Waals surface area contributed by atoms with Gasteiger partial charge in [-0.1, -0.05) is 66.7 Å². The van der Waals surface area contributed by atoms with Crippen LogP contribution >= 0.6 is 0 Å². The number of nitrogens with one attached hydrogen (secondary N) is 1. The molecule has 1 heterocycles. The number of rotatable bonds is 5. The maximum atomic E-state index is 13.4. The predicted molar refractivity (Wildman–Crippen MR) is 121 cm³/mol. The van der Waals surface area contributed by atoms with E-state index in [1.807, 2.05) is 67.6 Å². The molecular weight excluding hydrogens is 390 g/mol. The van der Waals surface area contributed by atoms with E-state index in [1.54, 1.807) is 12.1 Å². The molecule has 1 amide bonds. The lowest BCUT2D eigenvalue weighted by Gasteiger charge is -2.17. The molecule has 0 aliphatic rings. The van der Waals surface area contributed by atoms with Crippen LogP contribution < -0.4 is 10.9 Å². The number of aromatic nitrogens is 2. The number of carbonyl (C=O) groups is 1. The summed E-state index contributed by atoms with van der Waals surface area (Å²) < 4.78 is 1.30. The zero-order valence-electron chi connectivity index (χ0n) is 16.9. The normalized spacial score (nSPS) is 10.6. The van der Waals surface area contributed by atoms with Crippen LogP contribution in [0.3, 0.4) is 0 Å². The van der Waals surface area contributed by atoms with Crippen LogP contribution in [0, 0.1) is 0 Å². The smallest absolute Gasteiger partial charge is 0.280 e. The number of carbonyl (C=O) groups excluding carboxylic acids is 1. The van der Waals surface area contributed by atoms with E-state index in [4.69, 9.17) is 0 Å². The Morgan fingerprint density at radius 2 is 1.58 bits per heavy atom. The fourth-order valence-corrected chi connectivity index (χ4v) is 3.46. The van der Waals surface area contributed by atoms with E-state index in [0.29, 0.717) is 23.5 Å². The molecule has 0 atom stereocenters. The third-order valence-electron chi connectivity index (χ3n) is 4.90. The van der Waals surface area contributed by atoms with Crippen LogP contribution in [0.5, 0.6) is 5.75 Å². The molecule has 0 saturated heterocycles. The number of hydrogen-bond acceptors (Lipinski definition) is 4. The predicted octanol–water partition coefficient (Wildman–Crippen LogP) is 4.56. The van der Waals surface area contributed by atoms with Crippen LogP contribution in [0.1, 0.15) is 17.3 Å². The van der Waals surface area contributed by atoms with Crippen molar-refractivity contribution in [2.75, 3.05) is 5.32 Å². The third kappa shape index (κ3) is 4.09. The zero-order valence-corrected chi connectivity index (χ0v) is 16.9. The van der Waals surface area contributed by atoms with Crippen LogP contribution in [-0.2, 0) is 6.54 Å². The van der Waals surface area contributed by atoms with Crippen molar-refractivity contribution in [2.45, 2.75) is 13.5 Å². The van der Waals surface area contributed by atoms with Gasteiger partial charge in [0.2, 0.25) is 0 Å². The van der Waals surface area contributed by atoms with Gasteiger partial charge in [0.25, 0.3) is 11.5 Å². The number of hydrogen-bond donors (Lipinski definition) is 2. The van der Waals surface area contributed by atoms with E-state index in [0.717, 1.165) is 11.1 Å². The fraction of sp³-hybridized carbons (Fsp3) is 0.0800. The molecule has 0 unspecified atom stereocenters. The molecule has 1 aromatic heterocycles. The average molecular weight is 411 g/mol. The Kier molecular flexibility index (Phi) is 5.62. The summed E-state index contributed by atoms with van der Waals surface area (Å²) in [5, 5.41) is 17.1. The molecular formula is C25H21N3O3. The van der Waals surface area contributed by atoms with Gasteiger partial charge in [0.15, 0.2) is 0 Å². The summed E-state index contributed by atoms with van der Waals surface area (Å²) in [5.74, 6) is -0.539. The second-order valence-corrected chi connectivity index (χ2v) is 6.96. The second-order valence-electron chi connectivity index (χ2n) is 6.96. The van der Waals surface area contributed by atoms with Crippen molar-refractivity contribution < 1.29 is 9.90 Å². The largest absolute Gasteiger partial charge is 0.508 e. The first-order valence-corrected chi connectivity index (χ1v) is 9.95. The summed E-state index contributed by atoms with van der Waals surface area (Å²) in [6.45, 7) is 2.13. The number of anilines is 1. The number of amides is 1. The quantitative estimate of drug-likeness (QED) is 0.504. The molecule has 0 aliphatic heterocycles.